The number of unbranched alkanes of at least 4 members (excludes halogenated alkanes) is 28. The fourth-order valence-electron chi connectivity index (χ4n) is 6.38. The number of carbonyl (C=O) groups excluding carboxylic acids is 2. The highest BCUT2D eigenvalue weighted by molar-refractivity contribution is 5.76. The average Bonchev–Trinajstić information content (AvgIpc) is 3.07. The quantitative estimate of drug-likeness (QED) is 0.0394. The van der Waals surface area contributed by atoms with Gasteiger partial charge < -0.3 is 15.2 Å². The first-order chi connectivity index (χ1) is 23.2. The van der Waals surface area contributed by atoms with Crippen molar-refractivity contribution in [3.63, 3.8) is 0 Å². The van der Waals surface area contributed by atoms with Crippen molar-refractivity contribution in [2.45, 2.75) is 238 Å². The van der Waals surface area contributed by atoms with Crippen molar-refractivity contribution in [1.82, 2.24) is 5.32 Å². The van der Waals surface area contributed by atoms with E-state index >= 15 is 0 Å². The molecule has 0 aromatic rings. The summed E-state index contributed by atoms with van der Waals surface area (Å²) in [6, 6.07) is -0.528. The lowest BCUT2D eigenvalue weighted by Gasteiger charge is -2.20. The van der Waals surface area contributed by atoms with Gasteiger partial charge in [-0.1, -0.05) is 192 Å². The molecule has 0 radical (unpaired) electrons. The third-order valence-corrected chi connectivity index (χ3v) is 9.58. The minimum absolute atomic E-state index is 0.0528. The third kappa shape index (κ3) is 35.7. The van der Waals surface area contributed by atoms with Gasteiger partial charge in [0.05, 0.1) is 12.1 Å². The van der Waals surface area contributed by atoms with E-state index in [9.17, 15) is 14.7 Å². The molecule has 0 saturated heterocycles. The average molecular weight is 660 g/mol. The van der Waals surface area contributed by atoms with Gasteiger partial charge in [-0.2, -0.15) is 0 Å². The normalized spacial score (nSPS) is 13.1. The van der Waals surface area contributed by atoms with E-state index < -0.39 is 12.1 Å². The van der Waals surface area contributed by atoms with Crippen LogP contribution in [-0.4, -0.2) is 29.4 Å². The highest BCUT2D eigenvalue weighted by Gasteiger charge is 2.18. The van der Waals surface area contributed by atoms with Gasteiger partial charge in [0.25, 0.3) is 0 Å². The SMILES string of the molecule is CCCCCCCC/C=C\CCCCCCCCCCCCCC(=O)N[C@@H](CC=O)[C@H](O)/C=C/CCCCCCCCCCCCC. The molecule has 47 heavy (non-hydrogen) atoms. The van der Waals surface area contributed by atoms with E-state index in [0.717, 1.165) is 32.0 Å². The lowest BCUT2D eigenvalue weighted by molar-refractivity contribution is -0.122. The van der Waals surface area contributed by atoms with Crippen LogP contribution >= 0.6 is 0 Å². The fraction of sp³-hybridized carbons (Fsp3) is 0.860. The molecule has 0 heterocycles. The molecule has 276 valence electrons. The van der Waals surface area contributed by atoms with Gasteiger partial charge in [0.1, 0.15) is 6.29 Å². The number of hydrogen-bond donors (Lipinski definition) is 2. The Morgan fingerprint density at radius 2 is 0.851 bits per heavy atom. The predicted octanol–water partition coefficient (Wildman–Crippen LogP) is 13.1. The summed E-state index contributed by atoms with van der Waals surface area (Å²) in [6.07, 6.45) is 49.3. The fourth-order valence-corrected chi connectivity index (χ4v) is 6.38. The van der Waals surface area contributed by atoms with Gasteiger partial charge in [-0.05, 0) is 44.9 Å². The maximum Gasteiger partial charge on any atom is 0.220 e. The molecule has 2 atom stereocenters. The number of aliphatic hydroxyl groups excluding tert-OH is 1. The molecule has 0 unspecified atom stereocenters. The maximum absolute atomic E-state index is 12.5. The first-order valence-electron chi connectivity index (χ1n) is 20.9. The van der Waals surface area contributed by atoms with Gasteiger partial charge in [-0.15, -0.1) is 0 Å². The van der Waals surface area contributed by atoms with Crippen molar-refractivity contribution >= 4 is 12.2 Å². The van der Waals surface area contributed by atoms with Crippen LogP contribution in [0.2, 0.25) is 0 Å². The van der Waals surface area contributed by atoms with E-state index in [1.807, 2.05) is 6.08 Å². The van der Waals surface area contributed by atoms with E-state index in [4.69, 9.17) is 0 Å². The molecule has 0 aliphatic heterocycles. The van der Waals surface area contributed by atoms with Crippen LogP contribution in [0.5, 0.6) is 0 Å². The molecule has 1 amide bonds. The summed E-state index contributed by atoms with van der Waals surface area (Å²) >= 11 is 0. The summed E-state index contributed by atoms with van der Waals surface area (Å²) < 4.78 is 0. The Kier molecular flexibility index (Phi) is 37.8. The third-order valence-electron chi connectivity index (χ3n) is 9.58. The van der Waals surface area contributed by atoms with Crippen LogP contribution in [0.1, 0.15) is 226 Å². The number of hydrogen-bond acceptors (Lipinski definition) is 3. The minimum Gasteiger partial charge on any atom is -0.387 e. The summed E-state index contributed by atoms with van der Waals surface area (Å²) in [5, 5.41) is 13.5. The number of carbonyl (C=O) groups is 2. The minimum atomic E-state index is -0.812. The number of aliphatic hydroxyl groups is 1. The second-order valence-electron chi connectivity index (χ2n) is 14.3. The van der Waals surface area contributed by atoms with Gasteiger partial charge >= 0.3 is 0 Å². The number of allylic oxidation sites excluding steroid dienone is 3. The highest BCUT2D eigenvalue weighted by atomic mass is 16.3. The highest BCUT2D eigenvalue weighted by Crippen LogP contribution is 2.15. The molecule has 0 spiro atoms. The van der Waals surface area contributed by atoms with Gasteiger partial charge in [0.2, 0.25) is 5.91 Å². The molecule has 0 aliphatic rings. The molecule has 0 rings (SSSR count). The molecular weight excluding hydrogens is 578 g/mol. The molecule has 0 aromatic heterocycles. The van der Waals surface area contributed by atoms with Crippen molar-refractivity contribution in [3.8, 4) is 0 Å². The predicted molar refractivity (Wildman–Crippen MR) is 206 cm³/mol. The molecule has 0 aromatic carbocycles. The Hall–Kier alpha value is -1.42. The summed E-state index contributed by atoms with van der Waals surface area (Å²) in [4.78, 5) is 23.6. The van der Waals surface area contributed by atoms with Gasteiger partial charge in [0, 0.05) is 12.8 Å². The van der Waals surface area contributed by atoms with Crippen molar-refractivity contribution in [3.05, 3.63) is 24.3 Å². The van der Waals surface area contributed by atoms with Crippen molar-refractivity contribution in [1.29, 1.82) is 0 Å². The molecule has 0 aliphatic carbocycles. The molecule has 0 saturated carbocycles. The molecular formula is C43H81NO3. The van der Waals surface area contributed by atoms with Crippen LogP contribution in [0.25, 0.3) is 0 Å². The second kappa shape index (κ2) is 39.0. The molecule has 4 heteroatoms. The van der Waals surface area contributed by atoms with E-state index in [1.54, 1.807) is 6.08 Å². The van der Waals surface area contributed by atoms with Crippen LogP contribution in [0, 0.1) is 0 Å². The largest absolute Gasteiger partial charge is 0.387 e. The maximum atomic E-state index is 12.5. The smallest absolute Gasteiger partial charge is 0.220 e. The zero-order valence-electron chi connectivity index (χ0n) is 31.6. The van der Waals surface area contributed by atoms with E-state index in [-0.39, 0.29) is 12.3 Å². The van der Waals surface area contributed by atoms with Crippen LogP contribution in [-0.2, 0) is 9.59 Å². The first-order valence-corrected chi connectivity index (χ1v) is 20.9. The van der Waals surface area contributed by atoms with E-state index in [1.165, 1.54) is 173 Å². The van der Waals surface area contributed by atoms with Crippen LogP contribution < -0.4 is 5.32 Å². The molecule has 2 N–H and O–H groups in total. The monoisotopic (exact) mass is 660 g/mol. The molecule has 0 fully saturated rings. The summed E-state index contributed by atoms with van der Waals surface area (Å²) in [7, 11) is 0. The van der Waals surface area contributed by atoms with E-state index in [2.05, 4.69) is 31.3 Å². The van der Waals surface area contributed by atoms with Crippen LogP contribution in [0.3, 0.4) is 0 Å². The van der Waals surface area contributed by atoms with Crippen LogP contribution in [0.4, 0.5) is 0 Å². The summed E-state index contributed by atoms with van der Waals surface area (Å²) in [5.41, 5.74) is 0. The first kappa shape index (κ1) is 45.6. The zero-order valence-corrected chi connectivity index (χ0v) is 31.6. The number of nitrogens with one attached hydrogen (secondary N) is 1. The van der Waals surface area contributed by atoms with Crippen molar-refractivity contribution in [2.75, 3.05) is 0 Å². The number of amides is 1. The van der Waals surface area contributed by atoms with E-state index in [0.29, 0.717) is 6.42 Å². The topological polar surface area (TPSA) is 66.4 Å². The van der Waals surface area contributed by atoms with Gasteiger partial charge in [-0.3, -0.25) is 4.79 Å². The Morgan fingerprint density at radius 3 is 1.23 bits per heavy atom. The van der Waals surface area contributed by atoms with Gasteiger partial charge in [-0.25, -0.2) is 0 Å². The Bertz CT molecular complexity index is 703. The zero-order chi connectivity index (χ0) is 34.3. The molecule has 0 bridgehead atoms. The summed E-state index contributed by atoms with van der Waals surface area (Å²) in [6.45, 7) is 4.54. The standard InChI is InChI=1S/C43H81NO3/c1-3-5-7-9-11-13-15-17-18-19-20-21-22-23-24-26-28-30-32-34-36-38-43(47)44-41(39-40-45)42(46)37-35-33-31-29-27-25-16-14-12-10-8-6-4-2/h17-18,35,37,40-42,46H,3-16,19-34,36,38-39H2,1-2H3,(H,44,47)/b18-17-,37-35+/t41-,42+/m0/s1. The Labute approximate surface area is 293 Å². The Balaban J connectivity index is 3.65. The number of aldehydes is 1. The summed E-state index contributed by atoms with van der Waals surface area (Å²) in [5.74, 6) is -0.0528. The lowest BCUT2D eigenvalue weighted by atomic mass is 10.0. The van der Waals surface area contributed by atoms with Gasteiger partial charge in [0.15, 0.2) is 0 Å². The number of rotatable bonds is 38. The van der Waals surface area contributed by atoms with Crippen molar-refractivity contribution < 1.29 is 14.7 Å². The lowest BCUT2D eigenvalue weighted by Crippen LogP contribution is -2.42. The van der Waals surface area contributed by atoms with Crippen molar-refractivity contribution in [2.24, 2.45) is 0 Å². The second-order valence-corrected chi connectivity index (χ2v) is 14.3. The molecule has 4 nitrogen and oxygen atoms in total. The van der Waals surface area contributed by atoms with Crippen LogP contribution in [0.15, 0.2) is 24.3 Å². The Morgan fingerprint density at radius 1 is 0.511 bits per heavy atom.